The Balaban J connectivity index is 1.69. The Kier molecular flexibility index (Phi) is 8.14. The first-order valence-electron chi connectivity index (χ1n) is 11.7. The van der Waals surface area contributed by atoms with Gasteiger partial charge in [0.2, 0.25) is 5.91 Å². The highest BCUT2D eigenvalue weighted by molar-refractivity contribution is 8.05. The van der Waals surface area contributed by atoms with Crippen LogP contribution < -0.4 is 10.2 Å². The van der Waals surface area contributed by atoms with E-state index in [1.165, 1.54) is 16.7 Å². The Morgan fingerprint density at radius 1 is 1.06 bits per heavy atom. The van der Waals surface area contributed by atoms with Crippen molar-refractivity contribution in [3.05, 3.63) is 111 Å². The van der Waals surface area contributed by atoms with Gasteiger partial charge in [0.1, 0.15) is 16.7 Å². The molecular weight excluding hydrogens is 490 g/mol. The molecule has 3 aromatic carbocycles. The first-order chi connectivity index (χ1) is 17.4. The monoisotopic (exact) mass is 515 g/mol. The molecule has 0 aromatic heterocycles. The number of hydrogen-bond donors (Lipinski definition) is 1. The lowest BCUT2D eigenvalue weighted by Crippen LogP contribution is -2.32. The second-order valence-corrected chi connectivity index (χ2v) is 10.4. The molecule has 1 N–H and O–H groups in total. The molecule has 0 saturated carbocycles. The van der Waals surface area contributed by atoms with Crippen LogP contribution in [0.5, 0.6) is 0 Å². The molecule has 1 heterocycles. The number of benzene rings is 3. The minimum atomic E-state index is -0.519. The summed E-state index contributed by atoms with van der Waals surface area (Å²) < 4.78 is 0. The number of halogens is 1. The van der Waals surface area contributed by atoms with Crippen molar-refractivity contribution in [1.29, 1.82) is 5.26 Å². The first-order valence-corrected chi connectivity index (χ1v) is 12.9. The number of nitrogens with zero attached hydrogens (tertiary/aromatic N) is 2. The zero-order valence-electron chi connectivity index (χ0n) is 20.1. The predicted molar refractivity (Wildman–Crippen MR) is 145 cm³/mol. The standard InChI is InChI=1S/C29H26ClN3O2S/c1-19(2)21-12-14-23(15-13-21)33-28(35)26(16-22-10-6-7-11-25(22)30)36-29(33)24(17-31)27(34)32-18-20-8-4-3-5-9-20/h3-15,19,26H,16,18H2,1-2H3,(H,32,34)/b29-24-. The molecule has 182 valence electrons. The molecule has 1 atom stereocenters. The van der Waals surface area contributed by atoms with Gasteiger partial charge in [-0.2, -0.15) is 5.26 Å². The van der Waals surface area contributed by atoms with E-state index < -0.39 is 11.2 Å². The van der Waals surface area contributed by atoms with E-state index in [0.717, 1.165) is 16.7 Å². The average molecular weight is 516 g/mol. The van der Waals surface area contributed by atoms with Gasteiger partial charge in [-0.05, 0) is 47.2 Å². The van der Waals surface area contributed by atoms with Crippen molar-refractivity contribution < 1.29 is 9.59 Å². The molecule has 0 radical (unpaired) electrons. The normalized spacial score (nSPS) is 16.7. The fourth-order valence-corrected chi connectivity index (χ4v) is 5.47. The van der Waals surface area contributed by atoms with Crippen molar-refractivity contribution in [2.45, 2.75) is 38.0 Å². The van der Waals surface area contributed by atoms with Crippen molar-refractivity contribution in [3.63, 3.8) is 0 Å². The molecule has 1 fully saturated rings. The molecule has 4 rings (SSSR count). The molecule has 36 heavy (non-hydrogen) atoms. The predicted octanol–water partition coefficient (Wildman–Crippen LogP) is 6.21. The number of carbonyl (C=O) groups excluding carboxylic acids is 2. The molecular formula is C29H26ClN3O2S. The summed E-state index contributed by atoms with van der Waals surface area (Å²) >= 11 is 7.60. The lowest BCUT2D eigenvalue weighted by molar-refractivity contribution is -0.117. The number of rotatable bonds is 7. The smallest absolute Gasteiger partial charge is 0.264 e. The van der Waals surface area contributed by atoms with E-state index in [4.69, 9.17) is 11.6 Å². The minimum absolute atomic E-state index is 0.0844. The van der Waals surface area contributed by atoms with E-state index in [1.807, 2.05) is 72.8 Å². The summed E-state index contributed by atoms with van der Waals surface area (Å²) in [6.45, 7) is 4.48. The Morgan fingerprint density at radius 3 is 2.36 bits per heavy atom. The number of thioether (sulfide) groups is 1. The van der Waals surface area contributed by atoms with Crippen LogP contribution in [0.3, 0.4) is 0 Å². The van der Waals surface area contributed by atoms with Gasteiger partial charge in [-0.15, -0.1) is 0 Å². The van der Waals surface area contributed by atoms with E-state index in [2.05, 4.69) is 25.2 Å². The summed E-state index contributed by atoms with van der Waals surface area (Å²) in [5.74, 6) is -0.362. The molecule has 5 nitrogen and oxygen atoms in total. The minimum Gasteiger partial charge on any atom is -0.347 e. The molecule has 1 aliphatic heterocycles. The molecule has 1 aliphatic rings. The zero-order valence-corrected chi connectivity index (χ0v) is 21.6. The summed E-state index contributed by atoms with van der Waals surface area (Å²) in [4.78, 5) is 28.3. The molecule has 1 unspecified atom stereocenters. The Hall–Kier alpha value is -3.53. The summed E-state index contributed by atoms with van der Waals surface area (Å²) in [7, 11) is 0. The molecule has 1 saturated heterocycles. The third-order valence-electron chi connectivity index (χ3n) is 5.98. The van der Waals surface area contributed by atoms with Crippen molar-refractivity contribution in [3.8, 4) is 6.07 Å². The van der Waals surface area contributed by atoms with Gasteiger partial charge < -0.3 is 5.32 Å². The van der Waals surface area contributed by atoms with Crippen LogP contribution in [0.1, 0.15) is 36.5 Å². The highest BCUT2D eigenvalue weighted by atomic mass is 35.5. The number of nitriles is 1. The maximum absolute atomic E-state index is 13.7. The lowest BCUT2D eigenvalue weighted by atomic mass is 10.0. The highest BCUT2D eigenvalue weighted by Crippen LogP contribution is 2.42. The first kappa shape index (κ1) is 25.6. The van der Waals surface area contributed by atoms with Gasteiger partial charge in [0.25, 0.3) is 5.91 Å². The van der Waals surface area contributed by atoms with Gasteiger partial charge in [0.05, 0.1) is 5.25 Å². The fraction of sp³-hybridized carbons (Fsp3) is 0.207. The van der Waals surface area contributed by atoms with E-state index in [0.29, 0.717) is 28.1 Å². The van der Waals surface area contributed by atoms with Gasteiger partial charge in [0, 0.05) is 17.3 Å². The van der Waals surface area contributed by atoms with Crippen LogP contribution in [0, 0.1) is 11.3 Å². The van der Waals surface area contributed by atoms with Crippen LogP contribution in [0.4, 0.5) is 5.69 Å². The van der Waals surface area contributed by atoms with Crippen LogP contribution in [-0.2, 0) is 22.6 Å². The van der Waals surface area contributed by atoms with Crippen LogP contribution in [0.25, 0.3) is 0 Å². The van der Waals surface area contributed by atoms with Crippen LogP contribution in [-0.4, -0.2) is 17.1 Å². The topological polar surface area (TPSA) is 73.2 Å². The summed E-state index contributed by atoms with van der Waals surface area (Å²) in [5, 5.41) is 13.2. The van der Waals surface area contributed by atoms with Crippen molar-refractivity contribution in [2.75, 3.05) is 4.90 Å². The lowest BCUT2D eigenvalue weighted by Gasteiger charge is -2.19. The van der Waals surface area contributed by atoms with Crippen molar-refractivity contribution >= 4 is 40.9 Å². The maximum Gasteiger partial charge on any atom is 0.264 e. The highest BCUT2D eigenvalue weighted by Gasteiger charge is 2.41. The Morgan fingerprint density at radius 2 is 1.72 bits per heavy atom. The van der Waals surface area contributed by atoms with Crippen LogP contribution in [0.2, 0.25) is 5.02 Å². The summed E-state index contributed by atoms with van der Waals surface area (Å²) in [5.41, 5.74) is 3.43. The van der Waals surface area contributed by atoms with Gasteiger partial charge in [0.15, 0.2) is 0 Å². The number of hydrogen-bond acceptors (Lipinski definition) is 4. The second-order valence-electron chi connectivity index (χ2n) is 8.78. The van der Waals surface area contributed by atoms with E-state index in [-0.39, 0.29) is 18.0 Å². The molecule has 2 amide bonds. The Labute approximate surface area is 220 Å². The van der Waals surface area contributed by atoms with Gasteiger partial charge in [-0.25, -0.2) is 0 Å². The van der Waals surface area contributed by atoms with Gasteiger partial charge >= 0.3 is 0 Å². The molecule has 7 heteroatoms. The Bertz CT molecular complexity index is 1330. The number of nitrogens with one attached hydrogen (secondary N) is 1. The third kappa shape index (κ3) is 5.64. The third-order valence-corrected chi connectivity index (χ3v) is 7.61. The van der Waals surface area contributed by atoms with Crippen LogP contribution >= 0.6 is 23.4 Å². The summed E-state index contributed by atoms with van der Waals surface area (Å²) in [6, 6.07) is 26.6. The SMILES string of the molecule is CC(C)c1ccc(N2C(=O)C(Cc3ccccc3Cl)S/C2=C(/C#N)C(=O)NCc2ccccc2)cc1. The molecule has 0 spiro atoms. The molecule has 3 aromatic rings. The van der Waals surface area contributed by atoms with Gasteiger partial charge in [-0.1, -0.05) is 97.9 Å². The quantitative estimate of drug-likeness (QED) is 0.300. The second kappa shape index (κ2) is 11.5. The fourth-order valence-electron chi connectivity index (χ4n) is 3.96. The van der Waals surface area contributed by atoms with Gasteiger partial charge in [-0.3, -0.25) is 14.5 Å². The number of anilines is 1. The van der Waals surface area contributed by atoms with E-state index in [1.54, 1.807) is 6.07 Å². The van der Waals surface area contributed by atoms with Crippen LogP contribution in [0.15, 0.2) is 89.5 Å². The largest absolute Gasteiger partial charge is 0.347 e. The zero-order chi connectivity index (χ0) is 25.7. The number of carbonyl (C=O) groups is 2. The maximum atomic E-state index is 13.7. The summed E-state index contributed by atoms with van der Waals surface area (Å²) in [6.07, 6.45) is 0.387. The number of amides is 2. The van der Waals surface area contributed by atoms with Crippen molar-refractivity contribution in [1.82, 2.24) is 5.32 Å². The van der Waals surface area contributed by atoms with E-state index in [9.17, 15) is 14.9 Å². The van der Waals surface area contributed by atoms with Crippen molar-refractivity contribution in [2.24, 2.45) is 0 Å². The molecule has 0 bridgehead atoms. The molecule has 0 aliphatic carbocycles. The average Bonchev–Trinajstić information content (AvgIpc) is 3.20. The van der Waals surface area contributed by atoms with E-state index >= 15 is 0 Å².